The third-order valence-corrected chi connectivity index (χ3v) is 11.9. The minimum absolute atomic E-state index is 0.345. The second-order valence-corrected chi connectivity index (χ2v) is 14.4. The number of hydrogen-bond donors (Lipinski definition) is 0. The van der Waals surface area contributed by atoms with Gasteiger partial charge in [0.1, 0.15) is 0 Å². The Kier molecular flexibility index (Phi) is 5.29. The Hall–Kier alpha value is -3.26. The average molecular weight is 525 g/mol. The van der Waals surface area contributed by atoms with E-state index in [1.807, 2.05) is 0 Å². The van der Waals surface area contributed by atoms with Gasteiger partial charge in [0, 0.05) is 23.2 Å². The first kappa shape index (κ1) is 24.5. The third kappa shape index (κ3) is 3.47. The molecule has 10 rings (SSSR count). The van der Waals surface area contributed by atoms with Crippen LogP contribution in [0.25, 0.3) is 11.4 Å². The van der Waals surface area contributed by atoms with Gasteiger partial charge in [-0.2, -0.15) is 0 Å². The zero-order chi connectivity index (χ0) is 27.2. The fraction of sp³-hybridized carbons (Fsp3) is 0.421. The molecule has 2 aromatic heterocycles. The molecule has 4 aromatic rings. The summed E-state index contributed by atoms with van der Waals surface area (Å²) in [5, 5.41) is 0. The molecule has 0 radical (unpaired) electrons. The topological polar surface area (TPSA) is 25.8 Å². The number of aromatic nitrogens is 2. The molecule has 0 N–H and O–H groups in total. The lowest BCUT2D eigenvalue weighted by Gasteiger charge is -2.60. The predicted molar refractivity (Wildman–Crippen MR) is 162 cm³/mol. The van der Waals surface area contributed by atoms with Crippen molar-refractivity contribution in [3.05, 3.63) is 119 Å². The van der Waals surface area contributed by atoms with Gasteiger partial charge in [-0.15, -0.1) is 0 Å². The molecule has 0 amide bonds. The van der Waals surface area contributed by atoms with E-state index in [1.165, 1.54) is 46.5 Å². The molecule has 2 aromatic carbocycles. The highest BCUT2D eigenvalue weighted by Gasteiger charge is 2.58. The molecular formula is C38H40N2. The highest BCUT2D eigenvalue weighted by molar-refractivity contribution is 5.59. The van der Waals surface area contributed by atoms with E-state index in [0.717, 1.165) is 24.2 Å². The van der Waals surface area contributed by atoms with Crippen molar-refractivity contribution in [2.24, 2.45) is 22.7 Å². The molecule has 4 bridgehead atoms. The monoisotopic (exact) mass is 524 g/mol. The number of rotatable bonds is 5. The Bertz CT molecular complexity index is 1460. The molecule has 202 valence electrons. The van der Waals surface area contributed by atoms with Crippen molar-refractivity contribution in [1.29, 1.82) is 0 Å². The van der Waals surface area contributed by atoms with Crippen LogP contribution in [0.15, 0.2) is 84.9 Å². The van der Waals surface area contributed by atoms with E-state index in [4.69, 9.17) is 9.97 Å². The first-order chi connectivity index (χ1) is 19.3. The zero-order valence-corrected chi connectivity index (χ0v) is 24.3. The molecule has 2 heterocycles. The van der Waals surface area contributed by atoms with Crippen molar-refractivity contribution in [1.82, 2.24) is 9.97 Å². The molecule has 6 aliphatic rings. The Morgan fingerprint density at radius 1 is 0.550 bits per heavy atom. The van der Waals surface area contributed by atoms with Crippen LogP contribution < -0.4 is 0 Å². The first-order valence-corrected chi connectivity index (χ1v) is 15.4. The summed E-state index contributed by atoms with van der Waals surface area (Å²) in [4.78, 5) is 10.9. The summed E-state index contributed by atoms with van der Waals surface area (Å²) >= 11 is 0. The molecule has 2 fully saturated rings. The van der Waals surface area contributed by atoms with Gasteiger partial charge in [-0.25, -0.2) is 0 Å². The number of pyridine rings is 2. The second-order valence-electron chi connectivity index (χ2n) is 14.4. The van der Waals surface area contributed by atoms with Gasteiger partial charge in [0.2, 0.25) is 0 Å². The zero-order valence-electron chi connectivity index (χ0n) is 24.3. The molecule has 6 aliphatic carbocycles. The van der Waals surface area contributed by atoms with Crippen molar-refractivity contribution >= 4 is 0 Å². The Balaban J connectivity index is 1.19. The molecule has 0 unspecified atom stereocenters. The van der Waals surface area contributed by atoms with E-state index in [0.29, 0.717) is 46.3 Å². The van der Waals surface area contributed by atoms with Gasteiger partial charge in [-0.3, -0.25) is 9.97 Å². The van der Waals surface area contributed by atoms with Crippen molar-refractivity contribution in [3.63, 3.8) is 0 Å². The van der Waals surface area contributed by atoms with Crippen molar-refractivity contribution in [3.8, 4) is 11.4 Å². The molecule has 2 heteroatoms. The predicted octanol–water partition coefficient (Wildman–Crippen LogP) is 9.08. The van der Waals surface area contributed by atoms with Crippen LogP contribution in [0.1, 0.15) is 97.8 Å². The Morgan fingerprint density at radius 2 is 0.950 bits per heavy atom. The smallest absolute Gasteiger partial charge is 0.0889 e. The van der Waals surface area contributed by atoms with Gasteiger partial charge < -0.3 is 0 Å². The lowest BCUT2D eigenvalue weighted by molar-refractivity contribution is -0.00770. The fourth-order valence-electron chi connectivity index (χ4n) is 9.37. The minimum atomic E-state index is 0.345. The molecular weight excluding hydrogens is 484 g/mol. The quantitative estimate of drug-likeness (QED) is 0.260. The Morgan fingerprint density at radius 3 is 1.32 bits per heavy atom. The summed E-state index contributed by atoms with van der Waals surface area (Å²) in [5.41, 5.74) is 11.3. The molecule has 2 nitrogen and oxygen atoms in total. The first-order valence-electron chi connectivity index (χ1n) is 15.4. The molecule has 0 aliphatic heterocycles. The normalized spacial score (nSPS) is 29.9. The summed E-state index contributed by atoms with van der Waals surface area (Å²) in [5.74, 6) is 3.57. The standard InChI is InChI=1S/C38H40N2/c1-37(2)29-21-31(37)27(19-23-11-7-5-8-12-23)35-25(29)15-17-33(39-35)34-18-16-26-30-22-32(38(30,3)4)28(36(26)40-34)20-24-13-9-6-10-14-24/h5-18,27-32H,19-22H2,1-4H3/t27-,28-,29-,30-,31+,32+/m0/s1. The Labute approximate surface area is 239 Å². The van der Waals surface area contributed by atoms with Gasteiger partial charge >= 0.3 is 0 Å². The van der Waals surface area contributed by atoms with E-state index in [9.17, 15) is 0 Å². The molecule has 40 heavy (non-hydrogen) atoms. The van der Waals surface area contributed by atoms with Gasteiger partial charge in [0.25, 0.3) is 0 Å². The number of hydrogen-bond acceptors (Lipinski definition) is 2. The van der Waals surface area contributed by atoms with Crippen LogP contribution in [0.3, 0.4) is 0 Å². The second kappa shape index (κ2) is 8.62. The van der Waals surface area contributed by atoms with E-state index >= 15 is 0 Å². The summed E-state index contributed by atoms with van der Waals surface area (Å²) in [6.07, 6.45) is 4.74. The van der Waals surface area contributed by atoms with E-state index in [1.54, 1.807) is 0 Å². The molecule has 6 atom stereocenters. The molecule has 2 saturated carbocycles. The van der Waals surface area contributed by atoms with Crippen molar-refractivity contribution in [2.75, 3.05) is 0 Å². The van der Waals surface area contributed by atoms with Crippen LogP contribution in [-0.4, -0.2) is 9.97 Å². The van der Waals surface area contributed by atoms with Gasteiger partial charge in [0.05, 0.1) is 11.4 Å². The lowest BCUT2D eigenvalue weighted by Crippen LogP contribution is -2.51. The van der Waals surface area contributed by atoms with Crippen LogP contribution in [0.5, 0.6) is 0 Å². The maximum Gasteiger partial charge on any atom is 0.0889 e. The van der Waals surface area contributed by atoms with Crippen LogP contribution in [-0.2, 0) is 12.8 Å². The van der Waals surface area contributed by atoms with Crippen LogP contribution in [0, 0.1) is 22.7 Å². The van der Waals surface area contributed by atoms with E-state index in [-0.39, 0.29) is 0 Å². The van der Waals surface area contributed by atoms with Crippen molar-refractivity contribution in [2.45, 2.75) is 77.0 Å². The summed E-state index contributed by atoms with van der Waals surface area (Å²) in [6.45, 7) is 9.91. The largest absolute Gasteiger partial charge is 0.251 e. The average Bonchev–Trinajstić information content (AvgIpc) is 2.97. The van der Waals surface area contributed by atoms with Crippen molar-refractivity contribution < 1.29 is 0 Å². The molecule has 0 spiro atoms. The third-order valence-electron chi connectivity index (χ3n) is 11.9. The fourth-order valence-corrected chi connectivity index (χ4v) is 9.37. The lowest BCUT2D eigenvalue weighted by atomic mass is 9.44. The number of benzene rings is 2. The van der Waals surface area contributed by atoms with Gasteiger partial charge in [-0.1, -0.05) is 100 Å². The molecule has 0 saturated heterocycles. The summed E-state index contributed by atoms with van der Waals surface area (Å²) < 4.78 is 0. The summed E-state index contributed by atoms with van der Waals surface area (Å²) in [6, 6.07) is 31.4. The maximum absolute atomic E-state index is 5.46. The number of nitrogens with zero attached hydrogens (tertiary/aromatic N) is 2. The SMILES string of the molecule is CC1(C)[C@@H]2C[C@H]1c1ccc(-c3ccc4c(n3)[C@@H](Cc3ccccc3)[C@H]3C[C@@H]4C3(C)C)nc1[C@H]2Cc1ccccc1. The highest BCUT2D eigenvalue weighted by Crippen LogP contribution is 2.68. The maximum atomic E-state index is 5.46. The van der Waals surface area contributed by atoms with Crippen LogP contribution >= 0.6 is 0 Å². The van der Waals surface area contributed by atoms with Gasteiger partial charge in [0.15, 0.2) is 0 Å². The van der Waals surface area contributed by atoms with E-state index < -0.39 is 0 Å². The van der Waals surface area contributed by atoms with E-state index in [2.05, 4.69) is 113 Å². The minimum Gasteiger partial charge on any atom is -0.251 e. The van der Waals surface area contributed by atoms with Crippen LogP contribution in [0.2, 0.25) is 0 Å². The summed E-state index contributed by atoms with van der Waals surface area (Å²) in [7, 11) is 0. The van der Waals surface area contributed by atoms with Gasteiger partial charge in [-0.05, 0) is 94.6 Å². The highest BCUT2D eigenvalue weighted by atomic mass is 14.8. The van der Waals surface area contributed by atoms with Crippen LogP contribution in [0.4, 0.5) is 0 Å².